The van der Waals surface area contributed by atoms with Crippen LogP contribution in [0.2, 0.25) is 0 Å². The summed E-state index contributed by atoms with van der Waals surface area (Å²) in [5.41, 5.74) is 0.819. The zero-order valence-electron chi connectivity index (χ0n) is 13.1. The van der Waals surface area contributed by atoms with Crippen molar-refractivity contribution < 1.29 is 14.7 Å². The minimum absolute atomic E-state index is 0.321. The molecule has 1 rings (SSSR count). The van der Waals surface area contributed by atoms with Crippen molar-refractivity contribution in [2.75, 3.05) is 6.54 Å². The summed E-state index contributed by atoms with van der Waals surface area (Å²) in [7, 11) is 0. The summed E-state index contributed by atoms with van der Waals surface area (Å²) >= 11 is 0. The number of nitrogens with one attached hydrogen (secondary N) is 2. The Kier molecular flexibility index (Phi) is 5.75. The van der Waals surface area contributed by atoms with Gasteiger partial charge in [-0.15, -0.1) is 0 Å². The Balaban J connectivity index is 2.34. The molecule has 118 valence electrons. The zero-order valence-corrected chi connectivity index (χ0v) is 13.1. The molecule has 0 radical (unpaired) electrons. The molecule has 1 atom stereocenters. The number of aryl methyl sites for hydroxylation is 3. The molecule has 0 fully saturated rings. The van der Waals surface area contributed by atoms with E-state index >= 15 is 0 Å². The normalized spacial score (nSPS) is 13.5. The van der Waals surface area contributed by atoms with Gasteiger partial charge in [-0.1, -0.05) is 6.92 Å². The number of hydrogen-bond acceptors (Lipinski definition) is 3. The fourth-order valence-electron chi connectivity index (χ4n) is 1.92. The average molecular weight is 296 g/mol. The van der Waals surface area contributed by atoms with E-state index in [0.717, 1.165) is 17.8 Å². The summed E-state index contributed by atoms with van der Waals surface area (Å²) < 4.78 is 1.89. The topological polar surface area (TPSA) is 96.3 Å². The van der Waals surface area contributed by atoms with Gasteiger partial charge in [0.1, 0.15) is 5.54 Å². The van der Waals surface area contributed by atoms with Crippen molar-refractivity contribution in [2.24, 2.45) is 0 Å². The van der Waals surface area contributed by atoms with Gasteiger partial charge in [0.15, 0.2) is 0 Å². The molecule has 0 aromatic carbocycles. The number of carboxylic acid groups (broad SMARTS) is 1. The standard InChI is InChI=1S/C14H24N4O3/c1-5-14(4,12(19)20)16-13(21)15-7-6-8-18-11(3)9-10(2)17-18/h9H,5-8H2,1-4H3,(H,19,20)(H2,15,16,21). The van der Waals surface area contributed by atoms with Gasteiger partial charge >= 0.3 is 12.0 Å². The highest BCUT2D eigenvalue weighted by Gasteiger charge is 2.32. The first-order valence-corrected chi connectivity index (χ1v) is 7.09. The van der Waals surface area contributed by atoms with Crippen LogP contribution >= 0.6 is 0 Å². The van der Waals surface area contributed by atoms with Crippen LogP contribution in [0, 0.1) is 13.8 Å². The van der Waals surface area contributed by atoms with Gasteiger partial charge in [-0.25, -0.2) is 9.59 Å². The molecule has 0 aliphatic rings. The van der Waals surface area contributed by atoms with E-state index in [2.05, 4.69) is 15.7 Å². The third-order valence-corrected chi connectivity index (χ3v) is 3.50. The largest absolute Gasteiger partial charge is 0.480 e. The molecule has 2 amide bonds. The second-order valence-corrected chi connectivity index (χ2v) is 5.38. The van der Waals surface area contributed by atoms with Crippen LogP contribution in [0.4, 0.5) is 4.79 Å². The van der Waals surface area contributed by atoms with E-state index in [0.29, 0.717) is 19.5 Å². The molecule has 0 saturated carbocycles. The third-order valence-electron chi connectivity index (χ3n) is 3.50. The maximum atomic E-state index is 11.7. The lowest BCUT2D eigenvalue weighted by atomic mass is 10.00. The highest BCUT2D eigenvalue weighted by Crippen LogP contribution is 2.08. The summed E-state index contributed by atoms with van der Waals surface area (Å²) in [5, 5.41) is 18.6. The van der Waals surface area contributed by atoms with E-state index in [4.69, 9.17) is 5.11 Å². The van der Waals surface area contributed by atoms with Crippen molar-refractivity contribution in [3.8, 4) is 0 Å². The summed E-state index contributed by atoms with van der Waals surface area (Å²) in [4.78, 5) is 22.8. The molecule has 0 bridgehead atoms. The molecule has 1 heterocycles. The van der Waals surface area contributed by atoms with Crippen LogP contribution in [0.25, 0.3) is 0 Å². The van der Waals surface area contributed by atoms with E-state index < -0.39 is 17.5 Å². The number of hydrogen-bond donors (Lipinski definition) is 3. The van der Waals surface area contributed by atoms with Crippen LogP contribution in [0.5, 0.6) is 0 Å². The summed E-state index contributed by atoms with van der Waals surface area (Å²) in [5.74, 6) is -1.04. The SMILES string of the molecule is CCC(C)(NC(=O)NCCCn1nc(C)cc1C)C(=O)O. The Morgan fingerprint density at radius 1 is 1.43 bits per heavy atom. The fraction of sp³-hybridized carbons (Fsp3) is 0.643. The number of carbonyl (C=O) groups excluding carboxylic acids is 1. The number of aromatic nitrogens is 2. The number of nitrogens with zero attached hydrogens (tertiary/aromatic N) is 2. The maximum absolute atomic E-state index is 11.7. The predicted octanol–water partition coefficient (Wildman–Crippen LogP) is 1.44. The van der Waals surface area contributed by atoms with E-state index in [9.17, 15) is 9.59 Å². The predicted molar refractivity (Wildman–Crippen MR) is 79.2 cm³/mol. The van der Waals surface area contributed by atoms with Crippen molar-refractivity contribution in [1.82, 2.24) is 20.4 Å². The molecule has 3 N–H and O–H groups in total. The van der Waals surface area contributed by atoms with Crippen molar-refractivity contribution >= 4 is 12.0 Å². The first kappa shape index (κ1) is 17.0. The molecular weight excluding hydrogens is 272 g/mol. The molecule has 0 saturated heterocycles. The van der Waals surface area contributed by atoms with Gasteiger partial charge in [-0.2, -0.15) is 5.10 Å². The average Bonchev–Trinajstić information content (AvgIpc) is 2.72. The second kappa shape index (κ2) is 7.10. The molecule has 7 nitrogen and oxygen atoms in total. The third kappa shape index (κ3) is 4.77. The highest BCUT2D eigenvalue weighted by atomic mass is 16.4. The summed E-state index contributed by atoms with van der Waals surface area (Å²) in [6.45, 7) is 8.31. The van der Waals surface area contributed by atoms with E-state index in [1.165, 1.54) is 6.92 Å². The number of aliphatic carboxylic acids is 1. The van der Waals surface area contributed by atoms with Crippen LogP contribution in [0.1, 0.15) is 38.1 Å². The van der Waals surface area contributed by atoms with Crippen LogP contribution in [-0.2, 0) is 11.3 Å². The van der Waals surface area contributed by atoms with Gasteiger partial charge in [0.25, 0.3) is 0 Å². The first-order chi connectivity index (χ1) is 9.78. The van der Waals surface area contributed by atoms with E-state index in [1.54, 1.807) is 6.92 Å². The minimum Gasteiger partial charge on any atom is -0.480 e. The van der Waals surface area contributed by atoms with Crippen molar-refractivity contribution in [3.05, 3.63) is 17.5 Å². The van der Waals surface area contributed by atoms with E-state index in [1.807, 2.05) is 24.6 Å². The quantitative estimate of drug-likeness (QED) is 0.663. The monoisotopic (exact) mass is 296 g/mol. The van der Waals surface area contributed by atoms with Gasteiger partial charge in [-0.05, 0) is 39.7 Å². The number of carbonyl (C=O) groups is 2. The molecule has 1 aromatic rings. The highest BCUT2D eigenvalue weighted by molar-refractivity contribution is 5.85. The fourth-order valence-corrected chi connectivity index (χ4v) is 1.92. The second-order valence-electron chi connectivity index (χ2n) is 5.38. The summed E-state index contributed by atoms with van der Waals surface area (Å²) in [6, 6.07) is 1.54. The van der Waals surface area contributed by atoms with Crippen LogP contribution < -0.4 is 10.6 Å². The molecule has 0 aliphatic heterocycles. The lowest BCUT2D eigenvalue weighted by Gasteiger charge is -2.24. The van der Waals surface area contributed by atoms with E-state index in [-0.39, 0.29) is 0 Å². The van der Waals surface area contributed by atoms with Gasteiger partial charge in [0.2, 0.25) is 0 Å². The maximum Gasteiger partial charge on any atom is 0.329 e. The Morgan fingerprint density at radius 3 is 2.57 bits per heavy atom. The molecule has 1 aromatic heterocycles. The van der Waals surface area contributed by atoms with Crippen LogP contribution in [0.3, 0.4) is 0 Å². The van der Waals surface area contributed by atoms with Crippen LogP contribution in [0.15, 0.2) is 6.07 Å². The molecule has 0 spiro atoms. The Morgan fingerprint density at radius 2 is 2.10 bits per heavy atom. The molecule has 21 heavy (non-hydrogen) atoms. The zero-order chi connectivity index (χ0) is 16.0. The van der Waals surface area contributed by atoms with Gasteiger partial charge < -0.3 is 15.7 Å². The smallest absolute Gasteiger partial charge is 0.329 e. The lowest BCUT2D eigenvalue weighted by molar-refractivity contribution is -0.143. The molecule has 1 unspecified atom stereocenters. The van der Waals surface area contributed by atoms with Gasteiger partial charge in [0.05, 0.1) is 5.69 Å². The molecular formula is C14H24N4O3. The minimum atomic E-state index is -1.24. The number of urea groups is 1. The Labute approximate surface area is 124 Å². The van der Waals surface area contributed by atoms with Gasteiger partial charge in [0, 0.05) is 18.8 Å². The van der Waals surface area contributed by atoms with Crippen molar-refractivity contribution in [2.45, 2.75) is 52.6 Å². The number of amides is 2. The van der Waals surface area contributed by atoms with Crippen LogP contribution in [-0.4, -0.2) is 39.0 Å². The Hall–Kier alpha value is -2.05. The first-order valence-electron chi connectivity index (χ1n) is 7.09. The summed E-state index contributed by atoms with van der Waals surface area (Å²) in [6.07, 6.45) is 1.05. The number of rotatable bonds is 7. The number of carboxylic acids is 1. The molecule has 7 heteroatoms. The van der Waals surface area contributed by atoms with Crippen molar-refractivity contribution in [3.63, 3.8) is 0 Å². The lowest BCUT2D eigenvalue weighted by Crippen LogP contribution is -2.54. The Bertz CT molecular complexity index is 512. The van der Waals surface area contributed by atoms with Crippen molar-refractivity contribution in [1.29, 1.82) is 0 Å². The molecule has 0 aliphatic carbocycles. The van der Waals surface area contributed by atoms with Gasteiger partial charge in [-0.3, -0.25) is 4.68 Å².